The third kappa shape index (κ3) is 7.07. The van der Waals surface area contributed by atoms with Gasteiger partial charge in [0.15, 0.2) is 5.96 Å². The molecule has 0 saturated carbocycles. The Kier molecular flexibility index (Phi) is 10.3. The summed E-state index contributed by atoms with van der Waals surface area (Å²) in [4.78, 5) is 7.31. The lowest BCUT2D eigenvalue weighted by Gasteiger charge is -2.18. The van der Waals surface area contributed by atoms with Crippen molar-refractivity contribution in [3.63, 3.8) is 0 Å². The van der Waals surface area contributed by atoms with Crippen LogP contribution in [0.2, 0.25) is 0 Å². The third-order valence-corrected chi connectivity index (χ3v) is 5.38. The van der Waals surface area contributed by atoms with Crippen LogP contribution in [0.3, 0.4) is 0 Å². The van der Waals surface area contributed by atoms with Gasteiger partial charge < -0.3 is 20.3 Å². The highest BCUT2D eigenvalue weighted by Gasteiger charge is 2.22. The van der Waals surface area contributed by atoms with E-state index in [-0.39, 0.29) is 24.0 Å². The smallest absolute Gasteiger partial charge is 0.191 e. The normalized spacial score (nSPS) is 16.2. The molecule has 2 N–H and O–H groups in total. The van der Waals surface area contributed by atoms with Crippen molar-refractivity contribution in [2.75, 3.05) is 44.7 Å². The number of benzene rings is 2. The van der Waals surface area contributed by atoms with Crippen LogP contribution in [0.1, 0.15) is 24.5 Å². The Labute approximate surface area is 198 Å². The lowest BCUT2D eigenvalue weighted by molar-refractivity contribution is 0.409. The van der Waals surface area contributed by atoms with Crippen LogP contribution in [0.4, 0.5) is 5.69 Å². The van der Waals surface area contributed by atoms with Crippen LogP contribution in [0.25, 0.3) is 0 Å². The van der Waals surface area contributed by atoms with E-state index >= 15 is 0 Å². The van der Waals surface area contributed by atoms with Crippen LogP contribution in [0.5, 0.6) is 5.75 Å². The summed E-state index contributed by atoms with van der Waals surface area (Å²) in [5, 5.41) is 6.85. The predicted octanol–water partition coefficient (Wildman–Crippen LogP) is 4.25. The summed E-state index contributed by atoms with van der Waals surface area (Å²) < 4.78 is 5.49. The van der Waals surface area contributed by atoms with Gasteiger partial charge in [0.2, 0.25) is 0 Å². The maximum Gasteiger partial charge on any atom is 0.191 e. The van der Waals surface area contributed by atoms with E-state index in [2.05, 4.69) is 71.8 Å². The molecular weight excluding hydrogens is 487 g/mol. The van der Waals surface area contributed by atoms with Gasteiger partial charge in [0.25, 0.3) is 0 Å². The minimum Gasteiger partial charge on any atom is -0.496 e. The molecule has 1 aliphatic heterocycles. The number of anilines is 1. The molecule has 6 heteroatoms. The average molecular weight is 522 g/mol. The molecule has 30 heavy (non-hydrogen) atoms. The molecule has 5 nitrogen and oxygen atoms in total. The van der Waals surface area contributed by atoms with Gasteiger partial charge in [0.1, 0.15) is 5.75 Å². The first-order valence-corrected chi connectivity index (χ1v) is 10.6. The van der Waals surface area contributed by atoms with Gasteiger partial charge in [-0.3, -0.25) is 4.99 Å². The summed E-state index contributed by atoms with van der Waals surface area (Å²) in [6.07, 6.45) is 2.10. The molecule has 0 aliphatic carbocycles. The average Bonchev–Trinajstić information content (AvgIpc) is 3.22. The fourth-order valence-corrected chi connectivity index (χ4v) is 3.84. The number of methoxy groups -OCH3 is 1. The highest BCUT2D eigenvalue weighted by molar-refractivity contribution is 14.0. The van der Waals surface area contributed by atoms with E-state index in [1.54, 1.807) is 7.11 Å². The molecule has 0 radical (unpaired) electrons. The number of nitrogens with zero attached hydrogens (tertiary/aromatic N) is 2. The summed E-state index contributed by atoms with van der Waals surface area (Å²) in [6, 6.07) is 17.0. The van der Waals surface area contributed by atoms with Crippen molar-refractivity contribution in [2.45, 2.75) is 26.7 Å². The Bertz CT molecular complexity index is 797. The molecular formula is C24H35IN4O. The number of aliphatic imine (C=N–C) groups is 1. The summed E-state index contributed by atoms with van der Waals surface area (Å²) in [5.41, 5.74) is 3.80. The van der Waals surface area contributed by atoms with E-state index in [1.165, 1.54) is 23.2 Å². The molecule has 164 valence electrons. The van der Waals surface area contributed by atoms with E-state index in [1.807, 2.05) is 6.07 Å². The molecule has 0 spiro atoms. The topological polar surface area (TPSA) is 48.9 Å². The largest absolute Gasteiger partial charge is 0.496 e. The fourth-order valence-electron chi connectivity index (χ4n) is 3.84. The standard InChI is InChI=1S/C24H34N4O.HI/c1-4-25-24(26-14-12-21-16-19(2)10-11-23(21)29-3)27-17-20-13-15-28(18-20)22-8-6-5-7-9-22;/h5-11,16,20H,4,12-15,17-18H2,1-3H3,(H2,25,26,27);1H. The van der Waals surface area contributed by atoms with Gasteiger partial charge in [-0.2, -0.15) is 0 Å². The number of rotatable bonds is 8. The minimum absolute atomic E-state index is 0. The molecule has 0 aromatic heterocycles. The van der Waals surface area contributed by atoms with E-state index in [0.29, 0.717) is 5.92 Å². The second-order valence-corrected chi connectivity index (χ2v) is 7.65. The molecule has 0 bridgehead atoms. The quantitative estimate of drug-likeness (QED) is 0.309. The molecule has 2 aromatic rings. The number of hydrogen-bond acceptors (Lipinski definition) is 3. The van der Waals surface area contributed by atoms with Gasteiger partial charge in [-0.1, -0.05) is 35.9 Å². The molecule has 1 heterocycles. The van der Waals surface area contributed by atoms with Gasteiger partial charge in [0, 0.05) is 38.4 Å². The monoisotopic (exact) mass is 522 g/mol. The number of hydrogen-bond donors (Lipinski definition) is 2. The van der Waals surface area contributed by atoms with Crippen molar-refractivity contribution in [1.82, 2.24) is 10.6 Å². The molecule has 1 aliphatic rings. The fraction of sp³-hybridized carbons (Fsp3) is 0.458. The Morgan fingerprint density at radius 2 is 1.97 bits per heavy atom. The SMILES string of the molecule is CCNC(=NCC1CCN(c2ccccc2)C1)NCCc1cc(C)ccc1OC.I. The lowest BCUT2D eigenvalue weighted by Crippen LogP contribution is -2.38. The van der Waals surface area contributed by atoms with Gasteiger partial charge in [-0.15, -0.1) is 24.0 Å². The van der Waals surface area contributed by atoms with E-state index in [9.17, 15) is 0 Å². The molecule has 3 rings (SSSR count). The van der Waals surface area contributed by atoms with Gasteiger partial charge in [-0.25, -0.2) is 0 Å². The number of aryl methyl sites for hydroxylation is 1. The van der Waals surface area contributed by atoms with Crippen LogP contribution in [-0.2, 0) is 6.42 Å². The Hall–Kier alpha value is -1.96. The maximum atomic E-state index is 5.49. The van der Waals surface area contributed by atoms with Crippen LogP contribution >= 0.6 is 24.0 Å². The first-order chi connectivity index (χ1) is 14.2. The number of nitrogens with one attached hydrogen (secondary N) is 2. The van der Waals surface area contributed by atoms with E-state index < -0.39 is 0 Å². The van der Waals surface area contributed by atoms with E-state index in [0.717, 1.165) is 50.9 Å². The highest BCUT2D eigenvalue weighted by atomic mass is 127. The van der Waals surface area contributed by atoms with Gasteiger partial charge >= 0.3 is 0 Å². The molecule has 0 amide bonds. The Morgan fingerprint density at radius 3 is 2.70 bits per heavy atom. The number of halogens is 1. The summed E-state index contributed by atoms with van der Waals surface area (Å²) >= 11 is 0. The van der Waals surface area contributed by atoms with Crippen LogP contribution in [-0.4, -0.2) is 45.8 Å². The molecule has 1 saturated heterocycles. The molecule has 1 fully saturated rings. The number of guanidine groups is 1. The van der Waals surface area contributed by atoms with Gasteiger partial charge in [-0.05, 0) is 56.4 Å². The first-order valence-electron chi connectivity index (χ1n) is 10.6. The zero-order chi connectivity index (χ0) is 20.5. The first kappa shape index (κ1) is 24.3. The van der Waals surface area contributed by atoms with Crippen molar-refractivity contribution in [3.8, 4) is 5.75 Å². The van der Waals surface area contributed by atoms with Crippen molar-refractivity contribution in [3.05, 3.63) is 59.7 Å². The zero-order valence-corrected chi connectivity index (χ0v) is 20.7. The van der Waals surface area contributed by atoms with Crippen LogP contribution in [0.15, 0.2) is 53.5 Å². The van der Waals surface area contributed by atoms with Crippen molar-refractivity contribution in [1.29, 1.82) is 0 Å². The summed E-state index contributed by atoms with van der Waals surface area (Å²) in [6.45, 7) is 8.95. The van der Waals surface area contributed by atoms with Crippen LogP contribution in [0, 0.1) is 12.8 Å². The third-order valence-electron chi connectivity index (χ3n) is 5.38. The zero-order valence-electron chi connectivity index (χ0n) is 18.4. The van der Waals surface area contributed by atoms with Crippen LogP contribution < -0.4 is 20.3 Å². The lowest BCUT2D eigenvalue weighted by atomic mass is 10.1. The van der Waals surface area contributed by atoms with Crippen molar-refractivity contribution >= 4 is 35.6 Å². The Morgan fingerprint density at radius 1 is 1.17 bits per heavy atom. The number of para-hydroxylation sites is 1. The van der Waals surface area contributed by atoms with Crippen molar-refractivity contribution in [2.24, 2.45) is 10.9 Å². The molecule has 2 aromatic carbocycles. The minimum atomic E-state index is 0. The summed E-state index contributed by atoms with van der Waals surface area (Å²) in [5.74, 6) is 2.45. The van der Waals surface area contributed by atoms with Gasteiger partial charge in [0.05, 0.1) is 7.11 Å². The van der Waals surface area contributed by atoms with Crippen molar-refractivity contribution < 1.29 is 4.74 Å². The summed E-state index contributed by atoms with van der Waals surface area (Å²) in [7, 11) is 1.73. The maximum absolute atomic E-state index is 5.49. The Balaban J connectivity index is 0.00000320. The molecule has 1 atom stereocenters. The number of ether oxygens (including phenoxy) is 1. The second kappa shape index (κ2) is 12.7. The second-order valence-electron chi connectivity index (χ2n) is 7.65. The molecule has 1 unspecified atom stereocenters. The van der Waals surface area contributed by atoms with E-state index in [4.69, 9.17) is 9.73 Å². The predicted molar refractivity (Wildman–Crippen MR) is 138 cm³/mol. The highest BCUT2D eigenvalue weighted by Crippen LogP contribution is 2.23.